The van der Waals surface area contributed by atoms with Gasteiger partial charge in [0.2, 0.25) is 5.91 Å². The number of piperazine rings is 1. The highest BCUT2D eigenvalue weighted by molar-refractivity contribution is 6.36. The number of nitrogens with one attached hydrogen (secondary N) is 1. The van der Waals surface area contributed by atoms with Gasteiger partial charge in [0, 0.05) is 103 Å². The van der Waals surface area contributed by atoms with Crippen molar-refractivity contribution < 1.29 is 32.2 Å². The van der Waals surface area contributed by atoms with Crippen molar-refractivity contribution >= 4 is 46.1 Å². The molecule has 3 aliphatic heterocycles. The first-order valence-electron chi connectivity index (χ1n) is 19.4. The molecule has 2 atom stereocenters. The quantitative estimate of drug-likeness (QED) is 0.147. The van der Waals surface area contributed by atoms with Crippen LogP contribution in [0.2, 0.25) is 10.0 Å². The van der Waals surface area contributed by atoms with Crippen molar-refractivity contribution in [2.45, 2.75) is 95.7 Å². The number of piperidine rings is 1. The third-order valence-electron chi connectivity index (χ3n) is 11.2. The highest BCUT2D eigenvalue weighted by atomic mass is 35.5. The number of ether oxygens (including phenoxy) is 2. The molecule has 7 rings (SSSR count). The Morgan fingerprint density at radius 1 is 0.930 bits per heavy atom. The number of nitrogens with zero attached hydrogens (tertiary/aromatic N) is 4. The van der Waals surface area contributed by atoms with E-state index in [1.165, 1.54) is 12.1 Å². The van der Waals surface area contributed by atoms with E-state index in [1.807, 2.05) is 45.2 Å². The Labute approximate surface area is 340 Å². The van der Waals surface area contributed by atoms with Crippen LogP contribution in [0.3, 0.4) is 0 Å². The molecule has 0 aliphatic carbocycles. The van der Waals surface area contributed by atoms with Crippen LogP contribution in [0.4, 0.5) is 18.0 Å². The lowest BCUT2D eigenvalue weighted by Gasteiger charge is -2.38. The number of fused-ring (bicyclic) bond motifs is 3. The number of carbonyl (C=O) groups is 2. The van der Waals surface area contributed by atoms with E-state index in [0.29, 0.717) is 74.1 Å². The van der Waals surface area contributed by atoms with Crippen molar-refractivity contribution in [3.05, 3.63) is 88.0 Å². The molecule has 57 heavy (non-hydrogen) atoms. The largest absolute Gasteiger partial charge is 0.573 e. The maximum Gasteiger partial charge on any atom is 0.573 e. The van der Waals surface area contributed by atoms with Crippen LogP contribution in [0.5, 0.6) is 5.75 Å². The fourth-order valence-corrected chi connectivity index (χ4v) is 8.82. The number of rotatable bonds is 11. The van der Waals surface area contributed by atoms with Crippen LogP contribution in [-0.2, 0) is 29.2 Å². The molecule has 3 saturated heterocycles. The summed E-state index contributed by atoms with van der Waals surface area (Å²) in [6, 6.07) is 18.8. The maximum absolute atomic E-state index is 13.2. The minimum atomic E-state index is -4.78. The van der Waals surface area contributed by atoms with Gasteiger partial charge in [-0.1, -0.05) is 47.5 Å². The topological polar surface area (TPSA) is 105 Å². The van der Waals surface area contributed by atoms with Gasteiger partial charge in [-0.2, -0.15) is 0 Å². The molecule has 4 heterocycles. The molecule has 10 nitrogen and oxygen atoms in total. The molecule has 3 aromatic carbocycles. The standard InChI is InChI=1S/C42H49Cl2F3N6O4/c1-40(2,3)57-39(55)50-18-14-41(48,15-19-50)38(54)49-16-5-17-51-25-33(28-9-11-31(12-10-28)56-42(45,46)47)32-20-27(8-13-37(32)51)22-52-23-30-21-29(52)24-53(30)26-34-35(43)6-4-7-36(34)44/h4,6-13,20,25,29-30H,5,14-19,21-24,26,48H2,1-3H3,(H,49,54). The van der Waals surface area contributed by atoms with Crippen LogP contribution in [0.1, 0.15) is 57.6 Å². The summed E-state index contributed by atoms with van der Waals surface area (Å²) in [7, 11) is 0. The smallest absolute Gasteiger partial charge is 0.444 e. The predicted octanol–water partition coefficient (Wildman–Crippen LogP) is 8.21. The Hall–Kier alpha value is -4.01. The number of aryl methyl sites for hydroxylation is 1. The Balaban J connectivity index is 1.01. The monoisotopic (exact) mass is 828 g/mol. The van der Waals surface area contributed by atoms with Crippen molar-refractivity contribution in [1.82, 2.24) is 24.6 Å². The maximum atomic E-state index is 13.2. The third kappa shape index (κ3) is 9.66. The van der Waals surface area contributed by atoms with Crippen molar-refractivity contribution in [1.29, 1.82) is 0 Å². The van der Waals surface area contributed by atoms with E-state index in [1.54, 1.807) is 17.0 Å². The zero-order valence-electron chi connectivity index (χ0n) is 32.4. The zero-order chi connectivity index (χ0) is 40.7. The molecule has 3 aliphatic rings. The first-order valence-corrected chi connectivity index (χ1v) is 20.1. The zero-order valence-corrected chi connectivity index (χ0v) is 33.9. The summed E-state index contributed by atoms with van der Waals surface area (Å²) in [5.74, 6) is -0.531. The molecule has 3 N–H and O–H groups in total. The van der Waals surface area contributed by atoms with Gasteiger partial charge in [0.25, 0.3) is 0 Å². The van der Waals surface area contributed by atoms with Crippen molar-refractivity contribution in [2.24, 2.45) is 5.73 Å². The van der Waals surface area contributed by atoms with Gasteiger partial charge < -0.3 is 30.0 Å². The summed E-state index contributed by atoms with van der Waals surface area (Å²) >= 11 is 13.0. The lowest BCUT2D eigenvalue weighted by molar-refractivity contribution is -0.274. The van der Waals surface area contributed by atoms with Crippen LogP contribution >= 0.6 is 23.2 Å². The first-order chi connectivity index (χ1) is 26.9. The molecule has 2 amide bonds. The molecule has 15 heteroatoms. The number of alkyl halides is 3. The van der Waals surface area contributed by atoms with Gasteiger partial charge in [-0.25, -0.2) is 4.79 Å². The normalized spacial score (nSPS) is 20.0. The summed E-state index contributed by atoms with van der Waals surface area (Å²) in [6.07, 6.45) is -0.835. The van der Waals surface area contributed by atoms with E-state index in [0.717, 1.165) is 59.2 Å². The lowest BCUT2D eigenvalue weighted by Crippen LogP contribution is -2.60. The average molecular weight is 830 g/mol. The highest BCUT2D eigenvalue weighted by Crippen LogP contribution is 2.38. The van der Waals surface area contributed by atoms with Crippen molar-refractivity contribution in [2.75, 3.05) is 32.7 Å². The summed E-state index contributed by atoms with van der Waals surface area (Å²) in [6.45, 7) is 10.4. The summed E-state index contributed by atoms with van der Waals surface area (Å²) in [5, 5.41) is 5.35. The summed E-state index contributed by atoms with van der Waals surface area (Å²) in [5.41, 5.74) is 9.57. The number of halogens is 5. The number of amides is 2. The molecule has 4 aromatic rings. The number of benzene rings is 3. The van der Waals surface area contributed by atoms with Crippen molar-refractivity contribution in [3.63, 3.8) is 0 Å². The number of hydrogen-bond acceptors (Lipinski definition) is 7. The Morgan fingerprint density at radius 2 is 1.58 bits per heavy atom. The highest BCUT2D eigenvalue weighted by Gasteiger charge is 2.43. The Morgan fingerprint density at radius 3 is 2.19 bits per heavy atom. The molecule has 1 aromatic heterocycles. The third-order valence-corrected chi connectivity index (χ3v) is 11.9. The fourth-order valence-electron chi connectivity index (χ4n) is 8.30. The second kappa shape index (κ2) is 16.3. The van der Waals surface area contributed by atoms with E-state index in [2.05, 4.69) is 42.6 Å². The van der Waals surface area contributed by atoms with Crippen LogP contribution in [0.25, 0.3) is 22.0 Å². The van der Waals surface area contributed by atoms with Gasteiger partial charge in [0.15, 0.2) is 0 Å². The minimum absolute atomic E-state index is 0.249. The fraction of sp³-hybridized carbons (Fsp3) is 0.476. The molecule has 3 fully saturated rings. The van der Waals surface area contributed by atoms with E-state index < -0.39 is 23.6 Å². The number of aromatic nitrogens is 1. The second-order valence-electron chi connectivity index (χ2n) is 16.5. The molecule has 306 valence electrons. The van der Waals surface area contributed by atoms with Crippen LogP contribution in [0, 0.1) is 0 Å². The SMILES string of the molecule is CC(C)(C)OC(=O)N1CCC(N)(C(=O)NCCCn2cc(-c3ccc(OC(F)(F)F)cc3)c3cc(CN4CC5CC4CN5Cc4c(Cl)cccc4Cl)ccc32)CC1. The van der Waals surface area contributed by atoms with E-state index >= 15 is 0 Å². The molecular formula is C42H49Cl2F3N6O4. The van der Waals surface area contributed by atoms with E-state index in [9.17, 15) is 22.8 Å². The Kier molecular flexibility index (Phi) is 11.8. The van der Waals surface area contributed by atoms with Gasteiger partial charge in [-0.05, 0) is 94.0 Å². The molecule has 2 bridgehead atoms. The van der Waals surface area contributed by atoms with Crippen LogP contribution in [-0.4, -0.2) is 93.6 Å². The van der Waals surface area contributed by atoms with Gasteiger partial charge in [0.05, 0.1) is 5.54 Å². The number of nitrogens with two attached hydrogens (primary N) is 1. The van der Waals surface area contributed by atoms with E-state index in [4.69, 9.17) is 33.7 Å². The summed E-state index contributed by atoms with van der Waals surface area (Å²) in [4.78, 5) is 32.3. The van der Waals surface area contributed by atoms with Gasteiger partial charge >= 0.3 is 12.5 Å². The van der Waals surface area contributed by atoms with Crippen molar-refractivity contribution in [3.8, 4) is 16.9 Å². The van der Waals surface area contributed by atoms with Gasteiger partial charge in [-0.3, -0.25) is 14.6 Å². The summed E-state index contributed by atoms with van der Waals surface area (Å²) < 4.78 is 50.5. The minimum Gasteiger partial charge on any atom is -0.444 e. The first kappa shape index (κ1) is 41.2. The van der Waals surface area contributed by atoms with E-state index in [-0.39, 0.29) is 11.7 Å². The average Bonchev–Trinajstić information content (AvgIpc) is 3.83. The number of carbonyl (C=O) groups excluding carboxylic acids is 2. The molecule has 2 unspecified atom stereocenters. The van der Waals surface area contributed by atoms with Gasteiger partial charge in [-0.15, -0.1) is 13.2 Å². The lowest BCUT2D eigenvalue weighted by atomic mass is 9.88. The number of likely N-dealkylation sites (tertiary alicyclic amines) is 3. The predicted molar refractivity (Wildman–Crippen MR) is 215 cm³/mol. The molecule has 0 saturated carbocycles. The Bertz CT molecular complexity index is 2080. The molecular weight excluding hydrogens is 780 g/mol. The van der Waals surface area contributed by atoms with Crippen LogP contribution in [0.15, 0.2) is 66.9 Å². The second-order valence-corrected chi connectivity index (χ2v) is 17.3. The number of hydrogen-bond donors (Lipinski definition) is 2. The van der Waals surface area contributed by atoms with Gasteiger partial charge in [0.1, 0.15) is 11.4 Å². The molecule has 0 radical (unpaired) electrons. The molecule has 0 spiro atoms. The van der Waals surface area contributed by atoms with Crippen LogP contribution < -0.4 is 15.8 Å².